The van der Waals surface area contributed by atoms with Crippen LogP contribution in [0.3, 0.4) is 0 Å². The largest absolute Gasteiger partial charge is 0.347 e. The van der Waals surface area contributed by atoms with E-state index in [-0.39, 0.29) is 35.7 Å². The van der Waals surface area contributed by atoms with E-state index in [2.05, 4.69) is 17.2 Å². The lowest BCUT2D eigenvalue weighted by Gasteiger charge is -2.15. The van der Waals surface area contributed by atoms with Gasteiger partial charge in [-0.15, -0.1) is 0 Å². The van der Waals surface area contributed by atoms with Gasteiger partial charge >= 0.3 is 0 Å². The molecule has 28 heavy (non-hydrogen) atoms. The number of unbranched alkanes of at least 4 members (excludes halogenated alkanes) is 1. The normalized spacial score (nSPS) is 10.8. The van der Waals surface area contributed by atoms with E-state index in [0.717, 1.165) is 18.4 Å². The highest BCUT2D eigenvalue weighted by Crippen LogP contribution is 2.15. The quantitative estimate of drug-likeness (QED) is 0.682. The number of benzene rings is 1. The third-order valence-electron chi connectivity index (χ3n) is 4.51. The zero-order valence-electron chi connectivity index (χ0n) is 16.0. The van der Waals surface area contributed by atoms with E-state index in [1.807, 2.05) is 0 Å². The zero-order chi connectivity index (χ0) is 20.1. The van der Waals surface area contributed by atoms with Crippen molar-refractivity contribution in [3.05, 3.63) is 71.6 Å². The summed E-state index contributed by atoms with van der Waals surface area (Å²) in [6.45, 7) is 2.93. The van der Waals surface area contributed by atoms with Crippen molar-refractivity contribution in [3.63, 3.8) is 0 Å². The predicted molar refractivity (Wildman–Crippen MR) is 105 cm³/mol. The predicted octanol–water partition coefficient (Wildman–Crippen LogP) is 3.28. The van der Waals surface area contributed by atoms with Gasteiger partial charge in [0.05, 0.1) is 5.52 Å². The molecular weight excluding hydrogens is 359 g/mol. The molecule has 2 aromatic heterocycles. The van der Waals surface area contributed by atoms with Gasteiger partial charge in [-0.2, -0.15) is 0 Å². The lowest BCUT2D eigenvalue weighted by atomic mass is 10.2. The number of imidazole rings is 1. The maximum atomic E-state index is 13.0. The molecule has 0 fully saturated rings. The van der Waals surface area contributed by atoms with E-state index in [1.54, 1.807) is 52.9 Å². The van der Waals surface area contributed by atoms with Gasteiger partial charge in [0.25, 0.3) is 11.8 Å². The van der Waals surface area contributed by atoms with Crippen LogP contribution >= 0.6 is 0 Å². The molecule has 0 saturated carbocycles. The number of hydrogen-bond acceptors (Lipinski definition) is 3. The molecule has 2 amide bonds. The first-order valence-electron chi connectivity index (χ1n) is 9.26. The summed E-state index contributed by atoms with van der Waals surface area (Å²) in [5.74, 6) is -0.734. The number of amides is 2. The molecule has 0 saturated heterocycles. The Bertz CT molecular complexity index is 982. The molecule has 1 N–H and O–H groups in total. The van der Waals surface area contributed by atoms with Gasteiger partial charge in [-0.1, -0.05) is 31.5 Å². The lowest BCUT2D eigenvalue weighted by molar-refractivity contribution is 0.0780. The lowest BCUT2D eigenvalue weighted by Crippen LogP contribution is -2.29. The third kappa shape index (κ3) is 4.19. The van der Waals surface area contributed by atoms with Crippen LogP contribution in [0.15, 0.2) is 48.7 Å². The van der Waals surface area contributed by atoms with Gasteiger partial charge < -0.3 is 10.2 Å². The van der Waals surface area contributed by atoms with Crippen molar-refractivity contribution < 1.29 is 14.0 Å². The number of hydrogen-bond donors (Lipinski definition) is 1. The van der Waals surface area contributed by atoms with Crippen LogP contribution in [0, 0.1) is 5.82 Å². The topological polar surface area (TPSA) is 66.7 Å². The fourth-order valence-corrected chi connectivity index (χ4v) is 2.89. The molecule has 0 aliphatic carbocycles. The molecule has 2 heterocycles. The minimum atomic E-state index is -0.386. The van der Waals surface area contributed by atoms with Gasteiger partial charge in [0, 0.05) is 26.3 Å². The zero-order valence-corrected chi connectivity index (χ0v) is 16.0. The van der Waals surface area contributed by atoms with Crippen LogP contribution in [-0.4, -0.2) is 39.7 Å². The maximum Gasteiger partial charge on any atom is 0.289 e. The van der Waals surface area contributed by atoms with Crippen LogP contribution in [-0.2, 0) is 6.54 Å². The summed E-state index contributed by atoms with van der Waals surface area (Å²) >= 11 is 0. The fraction of sp³-hybridized carbons (Fsp3) is 0.286. The van der Waals surface area contributed by atoms with Gasteiger partial charge in [0.15, 0.2) is 5.69 Å². The van der Waals surface area contributed by atoms with E-state index in [4.69, 9.17) is 0 Å². The first-order valence-corrected chi connectivity index (χ1v) is 9.26. The molecule has 0 radical (unpaired) electrons. The van der Waals surface area contributed by atoms with Crippen LogP contribution in [0.1, 0.15) is 46.4 Å². The summed E-state index contributed by atoms with van der Waals surface area (Å²) in [4.78, 5) is 31.4. The Balaban J connectivity index is 1.84. The van der Waals surface area contributed by atoms with E-state index >= 15 is 0 Å². The van der Waals surface area contributed by atoms with Crippen molar-refractivity contribution in [2.75, 3.05) is 13.6 Å². The summed E-state index contributed by atoms with van der Waals surface area (Å²) in [6.07, 6.45) is 3.60. The number of halogens is 1. The Kier molecular flexibility index (Phi) is 6.03. The molecule has 0 spiro atoms. The Morgan fingerprint density at radius 1 is 1.18 bits per heavy atom. The van der Waals surface area contributed by atoms with Crippen molar-refractivity contribution in [1.82, 2.24) is 19.6 Å². The number of carbonyl (C=O) groups is 2. The minimum absolute atomic E-state index is 0.190. The van der Waals surface area contributed by atoms with Gasteiger partial charge in [-0.3, -0.25) is 14.0 Å². The van der Waals surface area contributed by atoms with Gasteiger partial charge in [0.1, 0.15) is 5.82 Å². The highest BCUT2D eigenvalue weighted by atomic mass is 19.1. The minimum Gasteiger partial charge on any atom is -0.347 e. The van der Waals surface area contributed by atoms with E-state index in [0.29, 0.717) is 12.1 Å². The summed E-state index contributed by atoms with van der Waals surface area (Å²) in [6, 6.07) is 11.2. The molecule has 0 unspecified atom stereocenters. The summed E-state index contributed by atoms with van der Waals surface area (Å²) in [5.41, 5.74) is 1.52. The van der Waals surface area contributed by atoms with E-state index < -0.39 is 0 Å². The van der Waals surface area contributed by atoms with E-state index in [9.17, 15) is 14.0 Å². The maximum absolute atomic E-state index is 13.0. The Morgan fingerprint density at radius 3 is 2.64 bits per heavy atom. The molecule has 1 aromatic carbocycles. The fourth-order valence-electron chi connectivity index (χ4n) is 2.89. The standard InChI is InChI=1S/C21H23FN4O2/c1-3-4-12-25(2)21(28)19-24-18(17-7-5-6-13-26(17)19)20(27)23-14-15-8-10-16(22)11-9-15/h5-11,13H,3-4,12,14H2,1-2H3,(H,23,27). The molecule has 0 bridgehead atoms. The number of carbonyl (C=O) groups excluding carboxylic acids is 2. The molecule has 0 atom stereocenters. The third-order valence-corrected chi connectivity index (χ3v) is 4.51. The molecular formula is C21H23FN4O2. The van der Waals surface area contributed by atoms with Crippen LogP contribution in [0.5, 0.6) is 0 Å². The second kappa shape index (κ2) is 8.65. The second-order valence-electron chi connectivity index (χ2n) is 6.63. The van der Waals surface area contributed by atoms with Crippen molar-refractivity contribution >= 4 is 17.3 Å². The second-order valence-corrected chi connectivity index (χ2v) is 6.63. The van der Waals surface area contributed by atoms with Crippen molar-refractivity contribution in [2.24, 2.45) is 0 Å². The van der Waals surface area contributed by atoms with E-state index in [1.165, 1.54) is 12.1 Å². The number of fused-ring (bicyclic) bond motifs is 1. The molecule has 6 nitrogen and oxygen atoms in total. The molecule has 146 valence electrons. The summed E-state index contributed by atoms with van der Waals surface area (Å²) in [5, 5.41) is 2.78. The van der Waals surface area contributed by atoms with Crippen molar-refractivity contribution in [2.45, 2.75) is 26.3 Å². The number of nitrogens with zero attached hydrogens (tertiary/aromatic N) is 3. The Labute approximate surface area is 163 Å². The number of pyridine rings is 1. The van der Waals surface area contributed by atoms with Crippen LogP contribution in [0.25, 0.3) is 5.52 Å². The monoisotopic (exact) mass is 382 g/mol. The smallest absolute Gasteiger partial charge is 0.289 e. The SMILES string of the molecule is CCCCN(C)C(=O)c1nc(C(=O)NCc2ccc(F)cc2)c2ccccn12. The molecule has 3 rings (SSSR count). The van der Waals surface area contributed by atoms with Gasteiger partial charge in [-0.05, 0) is 36.2 Å². The van der Waals surface area contributed by atoms with Gasteiger partial charge in [-0.25, -0.2) is 9.37 Å². The number of nitrogens with one attached hydrogen (secondary N) is 1. The average Bonchev–Trinajstić information content (AvgIpc) is 3.10. The van der Waals surface area contributed by atoms with Crippen LogP contribution in [0.4, 0.5) is 4.39 Å². The summed E-state index contributed by atoms with van der Waals surface area (Å²) < 4.78 is 14.6. The first kappa shape index (κ1) is 19.5. The van der Waals surface area contributed by atoms with Gasteiger partial charge in [0.2, 0.25) is 5.82 Å². The number of rotatable bonds is 7. The van der Waals surface area contributed by atoms with Crippen LogP contribution < -0.4 is 5.32 Å². The van der Waals surface area contributed by atoms with Crippen molar-refractivity contribution in [3.8, 4) is 0 Å². The Hall–Kier alpha value is -3.22. The average molecular weight is 382 g/mol. The highest BCUT2D eigenvalue weighted by molar-refractivity contribution is 6.02. The van der Waals surface area contributed by atoms with Crippen LogP contribution in [0.2, 0.25) is 0 Å². The summed E-state index contributed by atoms with van der Waals surface area (Å²) in [7, 11) is 1.73. The molecule has 3 aromatic rings. The Morgan fingerprint density at radius 2 is 1.93 bits per heavy atom. The molecule has 7 heteroatoms. The molecule has 0 aliphatic heterocycles. The molecule has 0 aliphatic rings. The first-order chi connectivity index (χ1) is 13.5. The van der Waals surface area contributed by atoms with Crippen molar-refractivity contribution in [1.29, 1.82) is 0 Å². The number of aromatic nitrogens is 2. The highest BCUT2D eigenvalue weighted by Gasteiger charge is 2.23.